The summed E-state index contributed by atoms with van der Waals surface area (Å²) in [5, 5.41) is 9.23. The van der Waals surface area contributed by atoms with Crippen LogP contribution in [0.4, 0.5) is 0 Å². The maximum Gasteiger partial charge on any atom is 0.327 e. The number of hydrogen-bond acceptors (Lipinski definition) is 3. The van der Waals surface area contributed by atoms with E-state index >= 15 is 0 Å². The molecule has 2 fully saturated rings. The Morgan fingerprint density at radius 2 is 2.00 bits per heavy atom. The molecule has 2 rings (SSSR count). The zero-order chi connectivity index (χ0) is 13.3. The molecule has 1 heterocycles. The molecule has 0 aromatic carbocycles. The largest absolute Gasteiger partial charge is 0.480 e. The summed E-state index contributed by atoms with van der Waals surface area (Å²) in [7, 11) is 0. The predicted molar refractivity (Wildman–Crippen MR) is 71.4 cm³/mol. The first-order valence-corrected chi connectivity index (χ1v) is 7.74. The molecule has 5 heteroatoms. The topological polar surface area (TPSA) is 57.6 Å². The van der Waals surface area contributed by atoms with Crippen molar-refractivity contribution in [2.75, 3.05) is 5.75 Å². The Labute approximate surface area is 112 Å². The Morgan fingerprint density at radius 1 is 1.39 bits per heavy atom. The van der Waals surface area contributed by atoms with Gasteiger partial charge in [0.15, 0.2) is 0 Å². The second-order valence-corrected chi connectivity index (χ2v) is 6.69. The van der Waals surface area contributed by atoms with E-state index in [-0.39, 0.29) is 16.7 Å². The Kier molecular flexibility index (Phi) is 3.90. The van der Waals surface area contributed by atoms with Gasteiger partial charge in [-0.05, 0) is 26.2 Å². The molecule has 1 N–H and O–H groups in total. The minimum Gasteiger partial charge on any atom is -0.480 e. The second kappa shape index (κ2) is 5.11. The summed E-state index contributed by atoms with van der Waals surface area (Å²) in [4.78, 5) is 25.7. The molecule has 0 aromatic heterocycles. The van der Waals surface area contributed by atoms with E-state index in [2.05, 4.69) is 0 Å². The van der Waals surface area contributed by atoms with Crippen LogP contribution in [-0.4, -0.2) is 39.1 Å². The number of amides is 1. The molecular weight excluding hydrogens is 250 g/mol. The molecule has 102 valence electrons. The van der Waals surface area contributed by atoms with Crippen LogP contribution in [0.25, 0.3) is 0 Å². The maximum absolute atomic E-state index is 12.8. The van der Waals surface area contributed by atoms with Crippen molar-refractivity contribution < 1.29 is 14.7 Å². The smallest absolute Gasteiger partial charge is 0.327 e. The van der Waals surface area contributed by atoms with Gasteiger partial charge in [0.2, 0.25) is 5.91 Å². The van der Waals surface area contributed by atoms with Crippen LogP contribution in [0.15, 0.2) is 0 Å². The van der Waals surface area contributed by atoms with Crippen molar-refractivity contribution in [1.29, 1.82) is 0 Å². The van der Waals surface area contributed by atoms with Crippen LogP contribution in [0.3, 0.4) is 0 Å². The van der Waals surface area contributed by atoms with E-state index in [0.717, 1.165) is 32.1 Å². The molecule has 0 radical (unpaired) electrons. The van der Waals surface area contributed by atoms with Gasteiger partial charge in [0.25, 0.3) is 0 Å². The first-order valence-electron chi connectivity index (χ1n) is 6.69. The van der Waals surface area contributed by atoms with Crippen LogP contribution in [-0.2, 0) is 9.59 Å². The third-order valence-corrected chi connectivity index (χ3v) is 5.65. The minimum atomic E-state index is -0.871. The summed E-state index contributed by atoms with van der Waals surface area (Å²) in [6.45, 7) is 3.98. The van der Waals surface area contributed by atoms with E-state index < -0.39 is 12.0 Å². The summed E-state index contributed by atoms with van der Waals surface area (Å²) in [6, 6.07) is -0.637. The van der Waals surface area contributed by atoms with Crippen LogP contribution in [0.2, 0.25) is 0 Å². The van der Waals surface area contributed by atoms with E-state index in [9.17, 15) is 14.7 Å². The molecule has 1 saturated heterocycles. The van der Waals surface area contributed by atoms with Gasteiger partial charge in [-0.15, -0.1) is 11.8 Å². The fraction of sp³-hybridized carbons (Fsp3) is 0.846. The number of carboxylic acids is 1. The van der Waals surface area contributed by atoms with Gasteiger partial charge in [0.1, 0.15) is 6.04 Å². The molecule has 0 spiro atoms. The Balaban J connectivity index is 2.23. The van der Waals surface area contributed by atoms with Crippen LogP contribution < -0.4 is 0 Å². The highest BCUT2D eigenvalue weighted by Crippen LogP contribution is 2.45. The third-order valence-electron chi connectivity index (χ3n) is 4.43. The Morgan fingerprint density at radius 3 is 2.50 bits per heavy atom. The minimum absolute atomic E-state index is 0.0115. The molecule has 0 aromatic rings. The molecule has 1 amide bonds. The lowest BCUT2D eigenvalue weighted by atomic mass is 9.81. The van der Waals surface area contributed by atoms with Crippen LogP contribution in [0.1, 0.15) is 46.0 Å². The monoisotopic (exact) mass is 271 g/mol. The zero-order valence-electron chi connectivity index (χ0n) is 11.0. The number of carbonyl (C=O) groups is 2. The van der Waals surface area contributed by atoms with E-state index in [1.54, 1.807) is 16.7 Å². The van der Waals surface area contributed by atoms with Gasteiger partial charge in [-0.25, -0.2) is 4.79 Å². The first kappa shape index (κ1) is 13.7. The molecule has 1 saturated carbocycles. The Bertz CT molecular complexity index is 352. The van der Waals surface area contributed by atoms with Gasteiger partial charge in [-0.1, -0.05) is 19.8 Å². The molecule has 1 aliphatic heterocycles. The molecule has 0 bridgehead atoms. The van der Waals surface area contributed by atoms with Gasteiger partial charge in [0, 0.05) is 11.2 Å². The number of nitrogens with zero attached hydrogens (tertiary/aromatic N) is 1. The predicted octanol–water partition coefficient (Wildman–Crippen LogP) is 2.33. The lowest BCUT2D eigenvalue weighted by Gasteiger charge is -2.35. The van der Waals surface area contributed by atoms with Crippen molar-refractivity contribution in [2.45, 2.75) is 57.4 Å². The standard InChI is InChI=1S/C13H21NO3S/c1-3-13(6-4-5-7-13)12(17)14-9(2)18-8-10(14)11(15)16/h9-10H,3-8H2,1-2H3,(H,15,16). The molecule has 1 aliphatic carbocycles. The van der Waals surface area contributed by atoms with E-state index in [0.29, 0.717) is 5.75 Å². The number of carboxylic acid groups (broad SMARTS) is 1. The highest BCUT2D eigenvalue weighted by Gasteiger charge is 2.48. The maximum atomic E-state index is 12.8. The van der Waals surface area contributed by atoms with E-state index in [4.69, 9.17) is 0 Å². The number of aliphatic carboxylic acids is 1. The molecule has 2 unspecified atom stereocenters. The molecule has 4 nitrogen and oxygen atoms in total. The third kappa shape index (κ3) is 2.13. The number of hydrogen-bond donors (Lipinski definition) is 1. The van der Waals surface area contributed by atoms with Crippen molar-refractivity contribution in [2.24, 2.45) is 5.41 Å². The van der Waals surface area contributed by atoms with Gasteiger partial charge >= 0.3 is 5.97 Å². The second-order valence-electron chi connectivity index (χ2n) is 5.34. The summed E-state index contributed by atoms with van der Waals surface area (Å²) in [5.41, 5.74) is -0.285. The van der Waals surface area contributed by atoms with Gasteiger partial charge < -0.3 is 10.0 Å². The molecular formula is C13H21NO3S. The number of thioether (sulfide) groups is 1. The number of rotatable bonds is 3. The lowest BCUT2D eigenvalue weighted by Crippen LogP contribution is -2.50. The van der Waals surface area contributed by atoms with Gasteiger partial charge in [-0.3, -0.25) is 4.79 Å². The summed E-state index contributed by atoms with van der Waals surface area (Å²) in [6.07, 6.45) is 4.84. The van der Waals surface area contributed by atoms with Crippen LogP contribution >= 0.6 is 11.8 Å². The highest BCUT2D eigenvalue weighted by molar-refractivity contribution is 8.00. The first-order chi connectivity index (χ1) is 8.52. The van der Waals surface area contributed by atoms with Crippen molar-refractivity contribution in [3.05, 3.63) is 0 Å². The van der Waals surface area contributed by atoms with Crippen LogP contribution in [0.5, 0.6) is 0 Å². The zero-order valence-corrected chi connectivity index (χ0v) is 11.8. The van der Waals surface area contributed by atoms with Crippen molar-refractivity contribution in [3.63, 3.8) is 0 Å². The van der Waals surface area contributed by atoms with Crippen LogP contribution in [0, 0.1) is 5.41 Å². The average Bonchev–Trinajstić information content (AvgIpc) is 2.95. The van der Waals surface area contributed by atoms with Crippen molar-refractivity contribution in [1.82, 2.24) is 4.90 Å². The van der Waals surface area contributed by atoms with Crippen molar-refractivity contribution >= 4 is 23.6 Å². The fourth-order valence-electron chi connectivity index (χ4n) is 3.19. The normalized spacial score (nSPS) is 30.7. The average molecular weight is 271 g/mol. The Hall–Kier alpha value is -0.710. The molecule has 2 aliphatic rings. The number of carbonyl (C=O) groups excluding carboxylic acids is 1. The lowest BCUT2D eigenvalue weighted by molar-refractivity contribution is -0.154. The van der Waals surface area contributed by atoms with E-state index in [1.807, 2.05) is 13.8 Å². The van der Waals surface area contributed by atoms with Gasteiger partial charge in [0.05, 0.1) is 5.37 Å². The summed E-state index contributed by atoms with van der Waals surface area (Å²) >= 11 is 1.56. The summed E-state index contributed by atoms with van der Waals surface area (Å²) in [5.74, 6) is -0.279. The molecule has 2 atom stereocenters. The quantitative estimate of drug-likeness (QED) is 0.856. The van der Waals surface area contributed by atoms with Gasteiger partial charge in [-0.2, -0.15) is 0 Å². The molecule has 18 heavy (non-hydrogen) atoms. The summed E-state index contributed by atoms with van der Waals surface area (Å²) < 4.78 is 0. The SMILES string of the molecule is CCC1(C(=O)N2C(C)SCC2C(=O)O)CCCC1. The van der Waals surface area contributed by atoms with E-state index in [1.165, 1.54) is 0 Å². The highest BCUT2D eigenvalue weighted by atomic mass is 32.2. The van der Waals surface area contributed by atoms with Crippen molar-refractivity contribution in [3.8, 4) is 0 Å². The fourth-order valence-corrected chi connectivity index (χ4v) is 4.35.